The Balaban J connectivity index is 1.67. The van der Waals surface area contributed by atoms with Gasteiger partial charge < -0.3 is 10.0 Å². The first-order chi connectivity index (χ1) is 19.4. The summed E-state index contributed by atoms with van der Waals surface area (Å²) >= 11 is 5.29. The molecule has 5 rings (SSSR count). The molecule has 2 aromatic rings. The average molecular weight is 659 g/mol. The molecule has 1 aromatic heterocycles. The lowest BCUT2D eigenvalue weighted by atomic mass is 9.76. The summed E-state index contributed by atoms with van der Waals surface area (Å²) in [5, 5.41) is 10.8. The van der Waals surface area contributed by atoms with E-state index in [1.165, 1.54) is 29.3 Å². The van der Waals surface area contributed by atoms with E-state index in [1.54, 1.807) is 0 Å². The van der Waals surface area contributed by atoms with E-state index >= 15 is 0 Å². The van der Waals surface area contributed by atoms with Crippen LogP contribution in [0.15, 0.2) is 47.6 Å². The van der Waals surface area contributed by atoms with Crippen molar-refractivity contribution in [1.82, 2.24) is 9.88 Å². The van der Waals surface area contributed by atoms with Crippen LogP contribution in [-0.2, 0) is 52.1 Å². The second-order valence-electron chi connectivity index (χ2n) is 10.8. The number of carbonyl (C=O) groups is 1. The van der Waals surface area contributed by atoms with E-state index in [1.807, 2.05) is 0 Å². The summed E-state index contributed by atoms with van der Waals surface area (Å²) in [5.41, 5.74) is -9.53. The number of amides is 1. The number of likely N-dealkylation sites (tertiary alicyclic amines) is 1. The molecule has 0 saturated carbocycles. The Morgan fingerprint density at radius 3 is 2.24 bits per heavy atom. The van der Waals surface area contributed by atoms with Crippen molar-refractivity contribution < 1.29 is 49.1 Å². The molecule has 1 N–H and O–H groups in total. The summed E-state index contributed by atoms with van der Waals surface area (Å²) in [6.45, 7) is -0.156. The van der Waals surface area contributed by atoms with Gasteiger partial charge in [-0.2, -0.15) is 26.3 Å². The number of rotatable bonds is 4. The molecule has 16 heteroatoms. The third-order valence-electron chi connectivity index (χ3n) is 8.60. The lowest BCUT2D eigenvalue weighted by molar-refractivity contribution is -0.348. The van der Waals surface area contributed by atoms with E-state index in [0.717, 1.165) is 6.07 Å². The molecule has 2 aliphatic heterocycles. The molecule has 1 aliphatic carbocycles. The number of hydrogen-bond donors (Lipinski definition) is 1. The maximum absolute atomic E-state index is 14.9. The summed E-state index contributed by atoms with van der Waals surface area (Å²) in [6, 6.07) is 4.46. The number of carbonyl (C=O) groups excluding carboxylic acids is 1. The molecule has 6 nitrogen and oxygen atoms in total. The maximum atomic E-state index is 14.9. The van der Waals surface area contributed by atoms with Gasteiger partial charge in [0.25, 0.3) is 5.91 Å². The molecule has 1 aromatic carbocycles. The summed E-state index contributed by atoms with van der Waals surface area (Å²) in [7, 11) is -4.95. The van der Waals surface area contributed by atoms with Gasteiger partial charge in [0.2, 0.25) is 9.84 Å². The highest BCUT2D eigenvalue weighted by atomic mass is 32.8. The predicted octanol–water partition coefficient (Wildman–Crippen LogP) is 4.19. The van der Waals surface area contributed by atoms with Gasteiger partial charge in [0.05, 0.1) is 6.04 Å². The zero-order chi connectivity index (χ0) is 30.9. The smallest absolute Gasteiger partial charge is 0.380 e. The summed E-state index contributed by atoms with van der Waals surface area (Å²) in [5.74, 6) is 0.138. The number of benzene rings is 1. The fourth-order valence-corrected chi connectivity index (χ4v) is 10.6. The van der Waals surface area contributed by atoms with Crippen LogP contribution in [-0.4, -0.2) is 71.4 Å². The van der Waals surface area contributed by atoms with Crippen molar-refractivity contribution in [3.8, 4) is 0 Å². The second kappa shape index (κ2) is 10.2. The minimum atomic E-state index is -6.34. The molecule has 42 heavy (non-hydrogen) atoms. The molecule has 3 aliphatic rings. The number of hydrogen-bond acceptors (Lipinski definition) is 6. The van der Waals surface area contributed by atoms with Crippen LogP contribution < -0.4 is 0 Å². The van der Waals surface area contributed by atoms with E-state index in [-0.39, 0.29) is 49.8 Å². The monoisotopic (exact) mass is 658 g/mol. The Morgan fingerprint density at radius 2 is 1.67 bits per heavy atom. The van der Waals surface area contributed by atoms with Crippen molar-refractivity contribution in [3.05, 3.63) is 59.3 Å². The third kappa shape index (κ3) is 4.50. The minimum Gasteiger partial charge on any atom is -0.380 e. The van der Waals surface area contributed by atoms with Crippen LogP contribution in [0.25, 0.3) is 0 Å². The minimum absolute atomic E-state index is 0.0784. The Morgan fingerprint density at radius 1 is 1.02 bits per heavy atom. The number of sulfone groups is 1. The van der Waals surface area contributed by atoms with Crippen LogP contribution in [0.5, 0.6) is 0 Å². The number of nitrogens with zero attached hydrogens (tertiary/aromatic N) is 2. The topological polar surface area (TPSA) is 87.6 Å². The van der Waals surface area contributed by atoms with Crippen molar-refractivity contribution in [2.24, 2.45) is 0 Å². The van der Waals surface area contributed by atoms with E-state index in [0.29, 0.717) is 23.6 Å². The standard InChI is InChI=1S/C26H25F7N2O4S3/c27-24(25(28,29)30,26(31,32)33)17-5-6-18-16(15-17)4-7-19-23(18,42(38,39)20-3-1-2-11-34-20)8-12-35(19)21(36)22(37)9-13-41(40)14-10-22/h1-3,5-6,11,15,19,37H,4,7-10,12-14H2. The van der Waals surface area contributed by atoms with Crippen molar-refractivity contribution in [2.45, 2.75) is 71.5 Å². The van der Waals surface area contributed by atoms with Gasteiger partial charge >= 0.3 is 18.0 Å². The van der Waals surface area contributed by atoms with Gasteiger partial charge in [-0.1, -0.05) is 35.5 Å². The molecule has 2 atom stereocenters. The first-order valence-electron chi connectivity index (χ1n) is 12.9. The van der Waals surface area contributed by atoms with Crippen molar-refractivity contribution in [3.63, 3.8) is 0 Å². The first-order valence-corrected chi connectivity index (χ1v) is 16.9. The van der Waals surface area contributed by atoms with Crippen LogP contribution in [0.1, 0.15) is 42.4 Å². The zero-order valence-corrected chi connectivity index (χ0v) is 24.2. The number of aryl methyl sites for hydroxylation is 1. The van der Waals surface area contributed by atoms with E-state index < -0.39 is 70.2 Å². The molecular weight excluding hydrogens is 633 g/mol. The van der Waals surface area contributed by atoms with Gasteiger partial charge in [-0.15, -0.1) is 9.45 Å². The molecule has 1 amide bonds. The van der Waals surface area contributed by atoms with E-state index in [9.17, 15) is 49.1 Å². The largest absolute Gasteiger partial charge is 0.435 e. The molecule has 2 unspecified atom stereocenters. The number of aromatic nitrogens is 1. The Hall–Kier alpha value is -2.17. The van der Waals surface area contributed by atoms with Gasteiger partial charge in [0.15, 0.2) is 5.03 Å². The Kier molecular flexibility index (Phi) is 7.59. The van der Waals surface area contributed by atoms with Gasteiger partial charge in [0.1, 0.15) is 10.3 Å². The fourth-order valence-electron chi connectivity index (χ4n) is 6.44. The Labute approximate surface area is 243 Å². The lowest BCUT2D eigenvalue weighted by Gasteiger charge is -2.44. The van der Waals surface area contributed by atoms with Gasteiger partial charge in [-0.05, 0) is 55.4 Å². The molecule has 2 saturated heterocycles. The number of halogens is 7. The van der Waals surface area contributed by atoms with Crippen LogP contribution in [0, 0.1) is 0 Å². The highest BCUT2D eigenvalue weighted by Gasteiger charge is 2.74. The van der Waals surface area contributed by atoms with Crippen LogP contribution in [0.2, 0.25) is 0 Å². The lowest BCUT2D eigenvalue weighted by Crippen LogP contribution is -2.58. The third-order valence-corrected chi connectivity index (χ3v) is 13.4. The van der Waals surface area contributed by atoms with Gasteiger partial charge in [-0.25, -0.2) is 17.8 Å². The normalized spacial score (nSPS) is 28.7. The predicted molar refractivity (Wildman–Crippen MR) is 142 cm³/mol. The van der Waals surface area contributed by atoms with Crippen LogP contribution in [0.4, 0.5) is 30.7 Å². The Bertz CT molecular complexity index is 1510. The number of alkyl halides is 7. The summed E-state index contributed by atoms with van der Waals surface area (Å²) in [4.78, 5) is 18.9. The van der Waals surface area contributed by atoms with Crippen LogP contribution >= 0.6 is 0 Å². The maximum Gasteiger partial charge on any atom is 0.435 e. The number of aliphatic hydroxyl groups is 1. The fraction of sp³-hybridized carbons (Fsp3) is 0.538. The molecule has 0 spiro atoms. The molecule has 3 heterocycles. The van der Waals surface area contributed by atoms with Crippen molar-refractivity contribution in [1.29, 1.82) is 0 Å². The molecule has 2 fully saturated rings. The quantitative estimate of drug-likeness (QED) is 0.496. The summed E-state index contributed by atoms with van der Waals surface area (Å²) in [6.07, 6.45) is -12.0. The van der Waals surface area contributed by atoms with Gasteiger partial charge in [-0.3, -0.25) is 4.79 Å². The zero-order valence-electron chi connectivity index (χ0n) is 21.7. The number of pyridine rings is 1. The molecular formula is C26H25F7N2O4S3. The SMILES string of the molecule is O=C(N1CCC2(S(=O)(=O)c3ccccn3)c3ccc(C(F)(C(F)(F)F)C(F)(F)F)cc3CCC12)C1(O)CCS(=S)CC1. The summed E-state index contributed by atoms with van der Waals surface area (Å²) < 4.78 is 123. The average Bonchev–Trinajstić information content (AvgIpc) is 3.34. The van der Waals surface area contributed by atoms with Crippen molar-refractivity contribution >= 4 is 36.4 Å². The first kappa shape index (κ1) is 31.3. The van der Waals surface area contributed by atoms with Crippen LogP contribution in [0.3, 0.4) is 0 Å². The highest BCUT2D eigenvalue weighted by Crippen LogP contribution is 2.56. The van der Waals surface area contributed by atoms with E-state index in [4.69, 9.17) is 11.2 Å². The second-order valence-corrected chi connectivity index (χ2v) is 16.0. The van der Waals surface area contributed by atoms with E-state index in [2.05, 4.69) is 4.98 Å². The molecule has 0 radical (unpaired) electrons. The highest BCUT2D eigenvalue weighted by molar-refractivity contribution is 8.28. The van der Waals surface area contributed by atoms with Crippen molar-refractivity contribution in [2.75, 3.05) is 18.1 Å². The molecule has 0 bridgehead atoms. The molecule has 230 valence electrons. The van der Waals surface area contributed by atoms with Gasteiger partial charge in [0, 0.05) is 29.8 Å². The number of fused-ring (bicyclic) bond motifs is 3.